The van der Waals surface area contributed by atoms with Gasteiger partial charge in [0.2, 0.25) is 0 Å². The van der Waals surface area contributed by atoms with Crippen molar-refractivity contribution in [2.24, 2.45) is 0 Å². The Kier molecular flexibility index (Phi) is 6.35. The fraction of sp³-hybridized carbons (Fsp3) is 0.484. The number of carbonyl (C=O) groups is 2. The molecule has 2 aromatic heterocycles. The second kappa shape index (κ2) is 9.95. The van der Waals surface area contributed by atoms with Crippen LogP contribution >= 0.6 is 0 Å². The number of aromatic nitrogens is 2. The molecule has 10 nitrogen and oxygen atoms in total. The van der Waals surface area contributed by atoms with Crippen LogP contribution in [0.3, 0.4) is 0 Å². The number of hydrogen-bond donors (Lipinski definition) is 1. The largest absolute Gasteiger partial charge is 0.458 e. The third kappa shape index (κ3) is 4.31. The average Bonchev–Trinajstić information content (AvgIpc) is 3.36. The molecule has 2 saturated heterocycles. The summed E-state index contributed by atoms with van der Waals surface area (Å²) in [5.41, 5.74) is 1.17. The number of rotatable bonds is 3. The molecule has 0 spiro atoms. The lowest BCUT2D eigenvalue weighted by Crippen LogP contribution is -2.48. The zero-order valence-corrected chi connectivity index (χ0v) is 23.2. The van der Waals surface area contributed by atoms with E-state index in [1.165, 1.54) is 32.4 Å². The van der Waals surface area contributed by atoms with Crippen LogP contribution in [-0.2, 0) is 28.3 Å². The Morgan fingerprint density at radius 3 is 2.63 bits per heavy atom. The standard InChI is InChI=1S/C31H34N4O6/c1-2-31(39)24-16-26-27-20(17-35(26)28(36)23(24)18-40-29(31)37)14-19-15-22(6-7-25(19)32-27)41-30(38)34-12-8-21(9-13-34)33-10-4-3-5-11-33/h6-7,14-16,21,39H,2-5,8-13,17-18H2,1H3/t31-/m0/s1. The van der Waals surface area contributed by atoms with Gasteiger partial charge in [-0.25, -0.2) is 14.6 Å². The Hall–Kier alpha value is -3.76. The highest BCUT2D eigenvalue weighted by molar-refractivity contribution is 5.87. The SMILES string of the molecule is CC[C@@]1(O)C(=O)OCc2c1cc1n(c2=O)Cc2cc3cc(OC(=O)N4CCC(N5CCCCC5)CC4)ccc3nc2-1. The van der Waals surface area contributed by atoms with Gasteiger partial charge < -0.3 is 28.9 Å². The maximum Gasteiger partial charge on any atom is 0.415 e. The monoisotopic (exact) mass is 558 g/mol. The van der Waals surface area contributed by atoms with Gasteiger partial charge in [0, 0.05) is 35.6 Å². The lowest BCUT2D eigenvalue weighted by Gasteiger charge is -2.39. The minimum Gasteiger partial charge on any atom is -0.458 e. The molecule has 10 heteroatoms. The molecule has 4 aliphatic rings. The predicted octanol–water partition coefficient (Wildman–Crippen LogP) is 3.53. The quantitative estimate of drug-likeness (QED) is 0.380. The number of esters is 1. The van der Waals surface area contributed by atoms with Crippen molar-refractivity contribution in [2.75, 3.05) is 26.2 Å². The highest BCUT2D eigenvalue weighted by Crippen LogP contribution is 2.39. The number of fused-ring (bicyclic) bond motifs is 5. The lowest BCUT2D eigenvalue weighted by molar-refractivity contribution is -0.172. The fourth-order valence-corrected chi connectivity index (χ4v) is 6.89. The normalized spacial score (nSPS) is 22.7. The van der Waals surface area contributed by atoms with Crippen LogP contribution in [0.1, 0.15) is 62.1 Å². The van der Waals surface area contributed by atoms with Gasteiger partial charge in [-0.15, -0.1) is 0 Å². The minimum absolute atomic E-state index is 0.0949. The zero-order chi connectivity index (χ0) is 28.3. The van der Waals surface area contributed by atoms with Gasteiger partial charge in [0.15, 0.2) is 5.60 Å². The Morgan fingerprint density at radius 1 is 1.10 bits per heavy atom. The van der Waals surface area contributed by atoms with Crippen molar-refractivity contribution in [3.8, 4) is 17.1 Å². The number of pyridine rings is 2. The van der Waals surface area contributed by atoms with Crippen molar-refractivity contribution in [3.63, 3.8) is 0 Å². The molecule has 0 bridgehead atoms. The molecule has 0 radical (unpaired) electrons. The van der Waals surface area contributed by atoms with Crippen molar-refractivity contribution in [3.05, 3.63) is 57.4 Å². The molecule has 0 aliphatic carbocycles. The summed E-state index contributed by atoms with van der Waals surface area (Å²) in [7, 11) is 0. The number of amides is 1. The van der Waals surface area contributed by atoms with Crippen molar-refractivity contribution in [2.45, 2.75) is 70.2 Å². The second-order valence-electron chi connectivity index (χ2n) is 11.6. The zero-order valence-electron chi connectivity index (χ0n) is 23.2. The Labute approximate surface area is 237 Å². The molecule has 1 aromatic carbocycles. The van der Waals surface area contributed by atoms with Gasteiger partial charge in [-0.3, -0.25) is 4.79 Å². The lowest BCUT2D eigenvalue weighted by atomic mass is 9.86. The highest BCUT2D eigenvalue weighted by atomic mass is 16.6. The van der Waals surface area contributed by atoms with Crippen LogP contribution in [0.4, 0.5) is 4.79 Å². The molecule has 2 fully saturated rings. The van der Waals surface area contributed by atoms with E-state index < -0.39 is 11.6 Å². The number of nitrogens with zero attached hydrogens (tertiary/aromatic N) is 4. The molecule has 214 valence electrons. The van der Waals surface area contributed by atoms with Crippen molar-refractivity contribution >= 4 is 23.0 Å². The van der Waals surface area contributed by atoms with E-state index in [0.29, 0.717) is 59.5 Å². The molecule has 0 saturated carbocycles. The van der Waals surface area contributed by atoms with E-state index >= 15 is 0 Å². The molecule has 1 N–H and O–H groups in total. The summed E-state index contributed by atoms with van der Waals surface area (Å²) in [4.78, 5) is 47.9. The average molecular weight is 559 g/mol. The van der Waals surface area contributed by atoms with Crippen LogP contribution in [0.25, 0.3) is 22.3 Å². The number of cyclic esters (lactones) is 1. The fourth-order valence-electron chi connectivity index (χ4n) is 6.89. The molecular weight excluding hydrogens is 524 g/mol. The molecule has 4 aliphatic heterocycles. The summed E-state index contributed by atoms with van der Waals surface area (Å²) in [6.45, 7) is 5.57. The summed E-state index contributed by atoms with van der Waals surface area (Å²) < 4.78 is 12.5. The topological polar surface area (TPSA) is 114 Å². The first-order valence-corrected chi connectivity index (χ1v) is 14.7. The van der Waals surface area contributed by atoms with Crippen molar-refractivity contribution in [1.29, 1.82) is 0 Å². The van der Waals surface area contributed by atoms with Gasteiger partial charge in [0.25, 0.3) is 5.56 Å². The van der Waals surface area contributed by atoms with Gasteiger partial charge >= 0.3 is 12.1 Å². The first kappa shape index (κ1) is 26.2. The summed E-state index contributed by atoms with van der Waals surface area (Å²) in [6.07, 6.45) is 5.57. The number of carbonyl (C=O) groups excluding carboxylic acids is 2. The van der Waals surface area contributed by atoms with Gasteiger partial charge in [-0.05, 0) is 75.5 Å². The number of benzene rings is 1. The van der Waals surface area contributed by atoms with E-state index in [0.717, 1.165) is 23.8 Å². The molecule has 1 atom stereocenters. The predicted molar refractivity (Wildman–Crippen MR) is 151 cm³/mol. The number of ether oxygens (including phenoxy) is 2. The number of hydrogen-bond acceptors (Lipinski definition) is 8. The molecule has 6 heterocycles. The number of piperidine rings is 2. The summed E-state index contributed by atoms with van der Waals surface area (Å²) >= 11 is 0. The van der Waals surface area contributed by atoms with Crippen LogP contribution in [0.15, 0.2) is 35.1 Å². The van der Waals surface area contributed by atoms with Gasteiger partial charge in [0.05, 0.1) is 29.0 Å². The molecular formula is C31H34N4O6. The van der Waals surface area contributed by atoms with Gasteiger partial charge in [0.1, 0.15) is 12.4 Å². The maximum atomic E-state index is 13.4. The third-order valence-corrected chi connectivity index (χ3v) is 9.31. The number of likely N-dealkylation sites (tertiary alicyclic amines) is 2. The van der Waals surface area contributed by atoms with Crippen LogP contribution in [0.2, 0.25) is 0 Å². The highest BCUT2D eigenvalue weighted by Gasteiger charge is 2.45. The smallest absolute Gasteiger partial charge is 0.415 e. The van der Waals surface area contributed by atoms with E-state index in [1.807, 2.05) is 6.07 Å². The molecule has 41 heavy (non-hydrogen) atoms. The second-order valence-corrected chi connectivity index (χ2v) is 11.6. The van der Waals surface area contributed by atoms with Crippen LogP contribution in [0, 0.1) is 0 Å². The van der Waals surface area contributed by atoms with Crippen molar-refractivity contribution in [1.82, 2.24) is 19.4 Å². The first-order chi connectivity index (χ1) is 19.9. The Bertz CT molecular complexity index is 1620. The maximum absolute atomic E-state index is 13.4. The van der Waals surface area contributed by atoms with Crippen LogP contribution in [-0.4, -0.2) is 68.7 Å². The van der Waals surface area contributed by atoms with E-state index in [9.17, 15) is 19.5 Å². The first-order valence-electron chi connectivity index (χ1n) is 14.7. The van der Waals surface area contributed by atoms with E-state index in [1.54, 1.807) is 40.7 Å². The third-order valence-electron chi connectivity index (χ3n) is 9.31. The minimum atomic E-state index is -1.86. The Balaban J connectivity index is 1.11. The summed E-state index contributed by atoms with van der Waals surface area (Å²) in [6, 6.07) is 9.56. The van der Waals surface area contributed by atoms with Crippen molar-refractivity contribution < 1.29 is 24.2 Å². The molecule has 7 rings (SSSR count). The number of aliphatic hydroxyl groups is 1. The van der Waals surface area contributed by atoms with Crippen LogP contribution < -0.4 is 10.3 Å². The Morgan fingerprint density at radius 2 is 1.88 bits per heavy atom. The van der Waals surface area contributed by atoms with Gasteiger partial charge in [-0.2, -0.15) is 0 Å². The van der Waals surface area contributed by atoms with Gasteiger partial charge in [-0.1, -0.05) is 13.3 Å². The summed E-state index contributed by atoms with van der Waals surface area (Å²) in [5, 5.41) is 11.9. The van der Waals surface area contributed by atoms with Crippen LogP contribution in [0.5, 0.6) is 5.75 Å². The van der Waals surface area contributed by atoms with E-state index in [-0.39, 0.29) is 24.7 Å². The molecule has 0 unspecified atom stereocenters. The van der Waals surface area contributed by atoms with E-state index in [2.05, 4.69) is 4.90 Å². The molecule has 1 amide bonds. The molecule has 3 aromatic rings. The summed E-state index contributed by atoms with van der Waals surface area (Å²) in [5.74, 6) is -0.288. The van der Waals surface area contributed by atoms with E-state index in [4.69, 9.17) is 14.5 Å².